The maximum atomic E-state index is 12.8. The Morgan fingerprint density at radius 3 is 2.54 bits per heavy atom. The number of ether oxygens (including phenoxy) is 1. The van der Waals surface area contributed by atoms with Gasteiger partial charge in [0, 0.05) is 12.2 Å². The highest BCUT2D eigenvalue weighted by atomic mass is 32.2. The van der Waals surface area contributed by atoms with Gasteiger partial charge in [-0.25, -0.2) is 18.4 Å². The number of carbonyl (C=O) groups is 2. The fourth-order valence-corrected chi connectivity index (χ4v) is 4.03. The van der Waals surface area contributed by atoms with Crippen molar-refractivity contribution in [3.05, 3.63) is 23.8 Å². The molecular formula is C19H29N3O5S. The lowest BCUT2D eigenvalue weighted by atomic mass is 10.0. The molecule has 2 amide bonds. The summed E-state index contributed by atoms with van der Waals surface area (Å²) in [6, 6.07) is 3.94. The van der Waals surface area contributed by atoms with Crippen molar-refractivity contribution in [2.24, 2.45) is 5.14 Å². The van der Waals surface area contributed by atoms with Gasteiger partial charge in [0.05, 0.1) is 4.90 Å². The molecule has 3 N–H and O–H groups in total. The van der Waals surface area contributed by atoms with E-state index in [1.54, 1.807) is 32.9 Å². The van der Waals surface area contributed by atoms with E-state index in [9.17, 15) is 18.0 Å². The molecule has 1 heterocycles. The van der Waals surface area contributed by atoms with E-state index in [1.165, 1.54) is 11.0 Å². The summed E-state index contributed by atoms with van der Waals surface area (Å²) in [5.41, 5.74) is 0.241. The number of piperidine rings is 1. The van der Waals surface area contributed by atoms with Crippen molar-refractivity contribution in [2.75, 3.05) is 11.9 Å². The molecule has 1 aromatic carbocycles. The number of nitrogens with two attached hydrogens (primary N) is 1. The molecule has 9 heteroatoms. The molecule has 156 valence electrons. The molecule has 1 aliphatic rings. The van der Waals surface area contributed by atoms with Crippen molar-refractivity contribution in [3.8, 4) is 0 Å². The van der Waals surface area contributed by atoms with Crippen LogP contribution in [0.4, 0.5) is 10.5 Å². The summed E-state index contributed by atoms with van der Waals surface area (Å²) >= 11 is 0. The second-order valence-electron chi connectivity index (χ2n) is 7.90. The Balaban J connectivity index is 2.21. The number of aryl methyl sites for hydroxylation is 1. The van der Waals surface area contributed by atoms with Crippen molar-refractivity contribution in [1.29, 1.82) is 0 Å². The highest BCUT2D eigenvalue weighted by molar-refractivity contribution is 7.89. The maximum Gasteiger partial charge on any atom is 0.410 e. The third-order valence-corrected chi connectivity index (χ3v) is 5.45. The first-order valence-corrected chi connectivity index (χ1v) is 10.9. The topological polar surface area (TPSA) is 119 Å². The van der Waals surface area contributed by atoms with Gasteiger partial charge in [0.2, 0.25) is 15.9 Å². The third kappa shape index (κ3) is 5.68. The molecule has 0 spiro atoms. The molecule has 0 aromatic heterocycles. The molecule has 1 aliphatic heterocycles. The van der Waals surface area contributed by atoms with Crippen molar-refractivity contribution >= 4 is 27.7 Å². The number of rotatable bonds is 4. The van der Waals surface area contributed by atoms with E-state index in [-0.39, 0.29) is 10.8 Å². The normalized spacial score (nSPS) is 17.9. The monoisotopic (exact) mass is 411 g/mol. The van der Waals surface area contributed by atoms with Gasteiger partial charge >= 0.3 is 6.09 Å². The standard InChI is InChI=1S/C19H29N3O5S/c1-5-13-9-10-14(12-16(13)28(20,25)26)21-17(23)15-8-6-7-11-22(15)18(24)27-19(2,3)4/h9-10,12,15H,5-8,11H2,1-4H3,(H,21,23)(H2,20,25,26). The SMILES string of the molecule is CCc1ccc(NC(=O)C2CCCCN2C(=O)OC(C)(C)C)cc1S(N)(=O)=O. The number of benzene rings is 1. The number of primary sulfonamides is 1. The fraction of sp³-hybridized carbons (Fsp3) is 0.579. The molecule has 0 radical (unpaired) electrons. The number of hydrogen-bond donors (Lipinski definition) is 2. The molecule has 8 nitrogen and oxygen atoms in total. The second-order valence-corrected chi connectivity index (χ2v) is 9.43. The fourth-order valence-electron chi connectivity index (χ4n) is 3.16. The number of nitrogens with zero attached hydrogens (tertiary/aromatic N) is 1. The van der Waals surface area contributed by atoms with Crippen LogP contribution >= 0.6 is 0 Å². The number of hydrogen-bond acceptors (Lipinski definition) is 5. The summed E-state index contributed by atoms with van der Waals surface area (Å²) < 4.78 is 29.1. The lowest BCUT2D eigenvalue weighted by Crippen LogP contribution is -2.51. The summed E-state index contributed by atoms with van der Waals surface area (Å²) in [6.07, 6.45) is 2.09. The zero-order chi connectivity index (χ0) is 21.1. The molecule has 2 rings (SSSR count). The molecule has 1 aromatic rings. The van der Waals surface area contributed by atoms with Crippen LogP contribution in [0.5, 0.6) is 0 Å². The number of amides is 2. The van der Waals surface area contributed by atoms with Gasteiger partial charge in [0.25, 0.3) is 0 Å². The van der Waals surface area contributed by atoms with Gasteiger partial charge in [0.15, 0.2) is 0 Å². The largest absolute Gasteiger partial charge is 0.444 e. The zero-order valence-corrected chi connectivity index (χ0v) is 17.6. The van der Waals surface area contributed by atoms with Gasteiger partial charge in [-0.05, 0) is 64.2 Å². The van der Waals surface area contributed by atoms with Crippen LogP contribution < -0.4 is 10.5 Å². The van der Waals surface area contributed by atoms with E-state index in [1.807, 2.05) is 6.92 Å². The molecule has 1 unspecified atom stereocenters. The average molecular weight is 412 g/mol. The predicted molar refractivity (Wildman–Crippen MR) is 106 cm³/mol. The Hall–Kier alpha value is -2.13. The first kappa shape index (κ1) is 22.2. The van der Waals surface area contributed by atoms with Crippen LogP contribution in [0, 0.1) is 0 Å². The van der Waals surface area contributed by atoms with Gasteiger partial charge in [0.1, 0.15) is 11.6 Å². The van der Waals surface area contributed by atoms with Gasteiger partial charge in [-0.15, -0.1) is 0 Å². The first-order chi connectivity index (χ1) is 12.9. The maximum absolute atomic E-state index is 12.8. The summed E-state index contributed by atoms with van der Waals surface area (Å²) in [4.78, 5) is 26.7. The molecular weight excluding hydrogens is 382 g/mol. The van der Waals surface area contributed by atoms with Crippen LogP contribution in [-0.4, -0.2) is 43.5 Å². The summed E-state index contributed by atoms with van der Waals surface area (Å²) in [6.45, 7) is 7.57. The Labute approximate surface area is 166 Å². The summed E-state index contributed by atoms with van der Waals surface area (Å²) in [5.74, 6) is -0.379. The molecule has 0 bridgehead atoms. The number of sulfonamides is 1. The van der Waals surface area contributed by atoms with Crippen molar-refractivity contribution < 1.29 is 22.7 Å². The minimum absolute atomic E-state index is 0.0135. The minimum atomic E-state index is -3.91. The Bertz CT molecular complexity index is 846. The molecule has 0 saturated carbocycles. The van der Waals surface area contributed by atoms with Gasteiger partial charge in [-0.3, -0.25) is 9.69 Å². The van der Waals surface area contributed by atoms with Crippen LogP contribution in [0.15, 0.2) is 23.1 Å². The number of anilines is 1. The Kier molecular flexibility index (Phi) is 6.71. The van der Waals surface area contributed by atoms with Crippen LogP contribution in [0.1, 0.15) is 52.5 Å². The number of nitrogens with one attached hydrogen (secondary N) is 1. The van der Waals surface area contributed by atoms with Crippen LogP contribution in [-0.2, 0) is 26.0 Å². The summed E-state index contributed by atoms with van der Waals surface area (Å²) in [5, 5.41) is 8.00. The average Bonchev–Trinajstić information content (AvgIpc) is 2.59. The van der Waals surface area contributed by atoms with Gasteiger partial charge < -0.3 is 10.1 Å². The lowest BCUT2D eigenvalue weighted by Gasteiger charge is -2.35. The van der Waals surface area contributed by atoms with Crippen molar-refractivity contribution in [1.82, 2.24) is 4.90 Å². The number of carbonyl (C=O) groups excluding carboxylic acids is 2. The summed E-state index contributed by atoms with van der Waals surface area (Å²) in [7, 11) is -3.91. The Morgan fingerprint density at radius 2 is 1.96 bits per heavy atom. The van der Waals surface area contributed by atoms with Crippen molar-refractivity contribution in [3.63, 3.8) is 0 Å². The lowest BCUT2D eigenvalue weighted by molar-refractivity contribution is -0.122. The van der Waals surface area contributed by atoms with E-state index >= 15 is 0 Å². The van der Waals surface area contributed by atoms with Crippen LogP contribution in [0.25, 0.3) is 0 Å². The molecule has 0 aliphatic carbocycles. The third-order valence-electron chi connectivity index (χ3n) is 4.46. The highest BCUT2D eigenvalue weighted by Gasteiger charge is 2.35. The van der Waals surface area contributed by atoms with Crippen molar-refractivity contribution in [2.45, 2.75) is 69.9 Å². The van der Waals surface area contributed by atoms with Gasteiger partial charge in [-0.2, -0.15) is 0 Å². The molecule has 1 saturated heterocycles. The predicted octanol–water partition coefficient (Wildman–Crippen LogP) is 2.62. The van der Waals surface area contributed by atoms with E-state index in [0.717, 1.165) is 12.8 Å². The molecule has 1 fully saturated rings. The zero-order valence-electron chi connectivity index (χ0n) is 16.8. The first-order valence-electron chi connectivity index (χ1n) is 9.38. The minimum Gasteiger partial charge on any atom is -0.444 e. The molecule has 28 heavy (non-hydrogen) atoms. The van der Waals surface area contributed by atoms with Crippen LogP contribution in [0.3, 0.4) is 0 Å². The van der Waals surface area contributed by atoms with E-state index in [4.69, 9.17) is 9.88 Å². The van der Waals surface area contributed by atoms with Gasteiger partial charge in [-0.1, -0.05) is 13.0 Å². The van der Waals surface area contributed by atoms with E-state index < -0.39 is 27.8 Å². The number of likely N-dealkylation sites (tertiary alicyclic amines) is 1. The van der Waals surface area contributed by atoms with Crippen LogP contribution in [0.2, 0.25) is 0 Å². The highest BCUT2D eigenvalue weighted by Crippen LogP contribution is 2.24. The quantitative estimate of drug-likeness (QED) is 0.789. The van der Waals surface area contributed by atoms with E-state index in [0.29, 0.717) is 30.6 Å². The van der Waals surface area contributed by atoms with E-state index in [2.05, 4.69) is 5.32 Å². The molecule has 1 atom stereocenters. The smallest absolute Gasteiger partial charge is 0.410 e. The second kappa shape index (κ2) is 8.48. The Morgan fingerprint density at radius 1 is 1.29 bits per heavy atom.